The number of aromatic nitrogens is 1. The highest BCUT2D eigenvalue weighted by molar-refractivity contribution is 7.17. The van der Waals surface area contributed by atoms with Gasteiger partial charge in [0.15, 0.2) is 0 Å². The van der Waals surface area contributed by atoms with E-state index in [4.69, 9.17) is 14.0 Å². The van der Waals surface area contributed by atoms with Crippen LogP contribution >= 0.6 is 11.3 Å². The van der Waals surface area contributed by atoms with E-state index < -0.39 is 6.36 Å². The first-order chi connectivity index (χ1) is 20.2. The van der Waals surface area contributed by atoms with Crippen LogP contribution in [0.25, 0.3) is 32.5 Å². The molecular formula is C32H26F3NO5S. The second-order valence-corrected chi connectivity index (χ2v) is 10.9. The van der Waals surface area contributed by atoms with Crippen molar-refractivity contribution >= 4 is 27.4 Å². The Hall–Kier alpha value is -4.31. The maximum absolute atomic E-state index is 13.1. The zero-order chi connectivity index (χ0) is 29.4. The van der Waals surface area contributed by atoms with Crippen molar-refractivity contribution in [2.45, 2.75) is 45.6 Å². The number of carbonyl (C=O) groups is 1. The minimum atomic E-state index is -4.84. The minimum absolute atomic E-state index is 0.0710. The van der Waals surface area contributed by atoms with Gasteiger partial charge in [-0.15, -0.1) is 24.5 Å². The summed E-state index contributed by atoms with van der Waals surface area (Å²) in [7, 11) is 0. The molecule has 0 atom stereocenters. The fourth-order valence-electron chi connectivity index (χ4n) is 4.98. The predicted octanol–water partition coefficient (Wildman–Crippen LogP) is 9.06. The van der Waals surface area contributed by atoms with Gasteiger partial charge in [-0.25, -0.2) is 4.79 Å². The van der Waals surface area contributed by atoms with Gasteiger partial charge in [0.2, 0.25) is 0 Å². The SMILES string of the molecule is CCOC(=O)c1csc2cc(-c3ccc(OCc4c(-c5ccccc5OC(F)(F)F)noc4C4CC4)cc3C)ccc12. The third kappa shape index (κ3) is 5.72. The van der Waals surface area contributed by atoms with Gasteiger partial charge in [-0.1, -0.05) is 35.5 Å². The maximum Gasteiger partial charge on any atom is 0.573 e. The van der Waals surface area contributed by atoms with Gasteiger partial charge in [-0.3, -0.25) is 0 Å². The Labute approximate surface area is 243 Å². The maximum atomic E-state index is 13.1. The molecule has 216 valence electrons. The Kier molecular flexibility index (Phi) is 7.40. The van der Waals surface area contributed by atoms with Crippen molar-refractivity contribution in [1.82, 2.24) is 5.16 Å². The molecule has 0 N–H and O–H groups in total. The number of alkyl halides is 3. The summed E-state index contributed by atoms with van der Waals surface area (Å²) < 4.78 is 61.4. The molecule has 2 heterocycles. The van der Waals surface area contributed by atoms with Crippen molar-refractivity contribution in [3.05, 3.63) is 88.5 Å². The van der Waals surface area contributed by atoms with Gasteiger partial charge in [0.1, 0.15) is 29.6 Å². The van der Waals surface area contributed by atoms with E-state index in [1.165, 1.54) is 29.5 Å². The molecule has 10 heteroatoms. The third-order valence-corrected chi connectivity index (χ3v) is 8.04. The molecule has 2 aromatic heterocycles. The number of rotatable bonds is 9. The summed E-state index contributed by atoms with van der Waals surface area (Å²) in [6.45, 7) is 4.16. The van der Waals surface area contributed by atoms with Gasteiger partial charge in [-0.2, -0.15) is 0 Å². The van der Waals surface area contributed by atoms with Crippen LogP contribution in [0, 0.1) is 6.92 Å². The molecule has 1 fully saturated rings. The molecule has 0 saturated heterocycles. The fourth-order valence-corrected chi connectivity index (χ4v) is 5.95. The van der Waals surface area contributed by atoms with E-state index in [1.54, 1.807) is 13.0 Å². The van der Waals surface area contributed by atoms with Crippen LogP contribution in [0.5, 0.6) is 11.5 Å². The van der Waals surface area contributed by atoms with Gasteiger partial charge in [0.25, 0.3) is 0 Å². The number of esters is 1. The van der Waals surface area contributed by atoms with E-state index >= 15 is 0 Å². The minimum Gasteiger partial charge on any atom is -0.489 e. The van der Waals surface area contributed by atoms with Gasteiger partial charge in [0, 0.05) is 26.9 Å². The van der Waals surface area contributed by atoms with Crippen molar-refractivity contribution in [3.8, 4) is 33.9 Å². The molecule has 1 aliphatic rings. The van der Waals surface area contributed by atoms with E-state index in [9.17, 15) is 18.0 Å². The van der Waals surface area contributed by atoms with Gasteiger partial charge >= 0.3 is 12.3 Å². The van der Waals surface area contributed by atoms with Crippen LogP contribution < -0.4 is 9.47 Å². The lowest BCUT2D eigenvalue weighted by molar-refractivity contribution is -0.274. The topological polar surface area (TPSA) is 70.8 Å². The number of benzene rings is 3. The van der Waals surface area contributed by atoms with Crippen molar-refractivity contribution in [2.75, 3.05) is 6.61 Å². The van der Waals surface area contributed by atoms with Crippen molar-refractivity contribution in [1.29, 1.82) is 0 Å². The molecular weight excluding hydrogens is 567 g/mol. The zero-order valence-electron chi connectivity index (χ0n) is 22.8. The first-order valence-electron chi connectivity index (χ1n) is 13.5. The second kappa shape index (κ2) is 11.2. The standard InChI is InChI=1S/C32H26F3NO5S/c1-3-38-31(37)26-17-42-28-15-20(10-12-23(26)28)22-13-11-21(14-18(22)2)39-16-25-29(36-41-30(25)19-8-9-19)24-6-4-5-7-27(24)40-32(33,34)35/h4-7,10-15,17,19H,3,8-9,16H2,1-2H3. The molecule has 0 aliphatic heterocycles. The number of halogens is 3. The third-order valence-electron chi connectivity index (χ3n) is 7.10. The van der Waals surface area contributed by atoms with Crippen LogP contribution in [-0.2, 0) is 11.3 Å². The summed E-state index contributed by atoms with van der Waals surface area (Å²) in [5.41, 5.74) is 4.63. The summed E-state index contributed by atoms with van der Waals surface area (Å²) in [5.74, 6) is 0.727. The van der Waals surface area contributed by atoms with Crippen molar-refractivity contribution in [2.24, 2.45) is 0 Å². The van der Waals surface area contributed by atoms with Gasteiger partial charge in [0.05, 0.1) is 17.7 Å². The lowest BCUT2D eigenvalue weighted by Crippen LogP contribution is -2.17. The Balaban J connectivity index is 1.25. The number of thiophene rings is 1. The second-order valence-electron chi connectivity index (χ2n) is 10.0. The molecule has 6 nitrogen and oxygen atoms in total. The van der Waals surface area contributed by atoms with E-state index in [1.807, 2.05) is 42.6 Å². The molecule has 3 aromatic carbocycles. The highest BCUT2D eigenvalue weighted by Crippen LogP contribution is 2.46. The summed E-state index contributed by atoms with van der Waals surface area (Å²) in [6.07, 6.45) is -3.00. The Bertz CT molecular complexity index is 1770. The Morgan fingerprint density at radius 3 is 2.62 bits per heavy atom. The average Bonchev–Trinajstić information content (AvgIpc) is 3.57. The molecule has 42 heavy (non-hydrogen) atoms. The van der Waals surface area contributed by atoms with E-state index in [2.05, 4.69) is 16.0 Å². The molecule has 1 saturated carbocycles. The number of nitrogens with zero attached hydrogens (tertiary/aromatic N) is 1. The van der Waals surface area contributed by atoms with Gasteiger partial charge in [-0.05, 0) is 73.7 Å². The summed E-state index contributed by atoms with van der Waals surface area (Å²) >= 11 is 1.49. The number of fused-ring (bicyclic) bond motifs is 1. The molecule has 6 rings (SSSR count). The normalized spacial score (nSPS) is 13.4. The average molecular weight is 594 g/mol. The Morgan fingerprint density at radius 1 is 1.07 bits per heavy atom. The number of para-hydroxylation sites is 1. The van der Waals surface area contributed by atoms with E-state index in [0.29, 0.717) is 29.2 Å². The number of aryl methyl sites for hydroxylation is 1. The molecule has 0 radical (unpaired) electrons. The summed E-state index contributed by atoms with van der Waals surface area (Å²) in [5, 5.41) is 6.82. The molecule has 1 aliphatic carbocycles. The van der Waals surface area contributed by atoms with E-state index in [-0.39, 0.29) is 35.5 Å². The van der Waals surface area contributed by atoms with Crippen LogP contribution in [0.2, 0.25) is 0 Å². The molecule has 0 unspecified atom stereocenters. The molecule has 5 aromatic rings. The van der Waals surface area contributed by atoms with Crippen molar-refractivity contribution in [3.63, 3.8) is 0 Å². The highest BCUT2D eigenvalue weighted by Gasteiger charge is 2.36. The quantitative estimate of drug-likeness (QED) is 0.159. The fraction of sp³-hybridized carbons (Fsp3) is 0.250. The van der Waals surface area contributed by atoms with E-state index in [0.717, 1.165) is 39.6 Å². The van der Waals surface area contributed by atoms with Gasteiger partial charge < -0.3 is 18.7 Å². The summed E-state index contributed by atoms with van der Waals surface area (Å²) in [4.78, 5) is 12.3. The summed E-state index contributed by atoms with van der Waals surface area (Å²) in [6, 6.07) is 17.6. The Morgan fingerprint density at radius 2 is 1.88 bits per heavy atom. The predicted molar refractivity (Wildman–Crippen MR) is 153 cm³/mol. The molecule has 0 bridgehead atoms. The molecule has 0 spiro atoms. The van der Waals surface area contributed by atoms with Crippen LogP contribution in [0.15, 0.2) is 70.6 Å². The van der Waals surface area contributed by atoms with Crippen LogP contribution in [-0.4, -0.2) is 24.1 Å². The first kappa shape index (κ1) is 27.8. The molecule has 0 amide bonds. The number of hydrogen-bond donors (Lipinski definition) is 0. The first-order valence-corrected chi connectivity index (χ1v) is 14.4. The number of carbonyl (C=O) groups excluding carboxylic acids is 1. The van der Waals surface area contributed by atoms with Crippen LogP contribution in [0.1, 0.15) is 52.9 Å². The largest absolute Gasteiger partial charge is 0.573 e. The zero-order valence-corrected chi connectivity index (χ0v) is 23.6. The highest BCUT2D eigenvalue weighted by atomic mass is 32.1. The number of hydrogen-bond acceptors (Lipinski definition) is 7. The monoisotopic (exact) mass is 593 g/mol. The smallest absolute Gasteiger partial charge is 0.489 e. The van der Waals surface area contributed by atoms with Crippen LogP contribution in [0.3, 0.4) is 0 Å². The van der Waals surface area contributed by atoms with Crippen molar-refractivity contribution < 1.29 is 36.7 Å². The lowest BCUT2D eigenvalue weighted by Gasteiger charge is -2.14. The number of ether oxygens (including phenoxy) is 3. The van der Waals surface area contributed by atoms with Crippen LogP contribution in [0.4, 0.5) is 13.2 Å². The lowest BCUT2D eigenvalue weighted by atomic mass is 9.99.